The molecule has 1 aliphatic rings. The third kappa shape index (κ3) is 3.29. The zero-order chi connectivity index (χ0) is 26.6. The highest BCUT2D eigenvalue weighted by molar-refractivity contribution is 6.26. The second-order valence-corrected chi connectivity index (χ2v) is 8.61. The lowest BCUT2D eigenvalue weighted by Crippen LogP contribution is -2.30. The first-order valence-electron chi connectivity index (χ1n) is 11.3. The van der Waals surface area contributed by atoms with Gasteiger partial charge in [-0.1, -0.05) is 24.3 Å². The fourth-order valence-electron chi connectivity index (χ4n) is 5.17. The van der Waals surface area contributed by atoms with E-state index in [-0.39, 0.29) is 28.7 Å². The number of rotatable bonds is 3. The first-order valence-corrected chi connectivity index (χ1v) is 11.3. The van der Waals surface area contributed by atoms with Crippen LogP contribution in [0.15, 0.2) is 57.6 Å². The summed E-state index contributed by atoms with van der Waals surface area (Å²) in [6, 6.07) is 11.7. The molecule has 0 radical (unpaired) electrons. The average molecular weight is 502 g/mol. The highest BCUT2D eigenvalue weighted by Gasteiger charge is 2.41. The van der Waals surface area contributed by atoms with Crippen molar-refractivity contribution >= 4 is 50.9 Å². The molecular formula is C27H22N2O8. The number of carbonyl (C=O) groups is 3. The lowest BCUT2D eigenvalue weighted by Gasteiger charge is -2.20. The van der Waals surface area contributed by atoms with Crippen molar-refractivity contribution in [1.82, 2.24) is 8.97 Å². The lowest BCUT2D eigenvalue weighted by molar-refractivity contribution is -0.147. The molecule has 188 valence electrons. The predicted molar refractivity (Wildman–Crippen MR) is 134 cm³/mol. The number of para-hydroxylation sites is 2. The molecule has 1 atom stereocenters. The predicted octanol–water partition coefficient (Wildman–Crippen LogP) is 1.98. The maximum Gasteiger partial charge on any atom is 0.339 e. The summed E-state index contributed by atoms with van der Waals surface area (Å²) in [5.41, 5.74) is -0.624. The first-order chi connectivity index (χ1) is 17.8. The molecule has 10 heteroatoms. The van der Waals surface area contributed by atoms with Gasteiger partial charge in [-0.2, -0.15) is 0 Å². The van der Waals surface area contributed by atoms with Crippen molar-refractivity contribution in [2.75, 3.05) is 21.3 Å². The van der Waals surface area contributed by atoms with Crippen LogP contribution in [0, 0.1) is 12.8 Å². The van der Waals surface area contributed by atoms with E-state index in [1.165, 1.54) is 4.40 Å². The van der Waals surface area contributed by atoms with Crippen molar-refractivity contribution in [3.05, 3.63) is 79.7 Å². The Kier molecular flexibility index (Phi) is 5.66. The largest absolute Gasteiger partial charge is 0.468 e. The first kappa shape index (κ1) is 24.0. The van der Waals surface area contributed by atoms with E-state index >= 15 is 0 Å². The number of aromatic nitrogens is 2. The standard InChI is InChI=1S/C27H22N2O8/c1-13-8-7-10-15-21(13)29-23-20(22(15)30)19(27(34)37-4)18(26(33)36-3)16(25(32)35-2)12-28(23)17-11-6-5-9-14(17)24(29)31/h5-11,16H,12H2,1-4H3. The van der Waals surface area contributed by atoms with Crippen LogP contribution in [0.2, 0.25) is 0 Å². The topological polar surface area (TPSA) is 122 Å². The van der Waals surface area contributed by atoms with Crippen LogP contribution in [0.3, 0.4) is 0 Å². The van der Waals surface area contributed by atoms with E-state index in [1.54, 1.807) is 54.0 Å². The number of hydrogen-bond acceptors (Lipinski definition) is 8. The van der Waals surface area contributed by atoms with Gasteiger partial charge in [0.25, 0.3) is 5.56 Å². The second kappa shape index (κ2) is 8.74. The summed E-state index contributed by atoms with van der Waals surface area (Å²) in [4.78, 5) is 67.5. The maximum atomic E-state index is 14.1. The maximum absolute atomic E-state index is 14.1. The number of carbonyl (C=O) groups excluding carboxylic acids is 3. The van der Waals surface area contributed by atoms with Crippen molar-refractivity contribution in [2.24, 2.45) is 5.92 Å². The number of esters is 3. The Labute approximate surface area is 209 Å². The molecule has 2 aromatic heterocycles. The molecule has 0 aliphatic carbocycles. The molecule has 1 aliphatic heterocycles. The number of pyridine rings is 1. The third-order valence-electron chi connectivity index (χ3n) is 6.77. The summed E-state index contributed by atoms with van der Waals surface area (Å²) in [5, 5.41) is 0.479. The summed E-state index contributed by atoms with van der Waals surface area (Å²) in [7, 11) is 3.34. The van der Waals surface area contributed by atoms with Gasteiger partial charge in [0.2, 0.25) is 0 Å². The number of fused-ring (bicyclic) bond motifs is 4. The quantitative estimate of drug-likeness (QED) is 0.180. The highest BCUT2D eigenvalue weighted by Crippen LogP contribution is 2.36. The Morgan fingerprint density at radius 2 is 1.54 bits per heavy atom. The normalized spacial score (nSPS) is 15.1. The van der Waals surface area contributed by atoms with Gasteiger partial charge >= 0.3 is 17.9 Å². The molecule has 10 nitrogen and oxygen atoms in total. The van der Waals surface area contributed by atoms with Gasteiger partial charge in [-0.3, -0.25) is 18.8 Å². The lowest BCUT2D eigenvalue weighted by atomic mass is 9.90. The molecule has 5 rings (SSSR count). The molecule has 0 amide bonds. The molecule has 1 unspecified atom stereocenters. The minimum atomic E-state index is -1.35. The summed E-state index contributed by atoms with van der Waals surface area (Å²) < 4.78 is 17.9. The molecule has 0 saturated carbocycles. The van der Waals surface area contributed by atoms with Crippen LogP contribution in [-0.4, -0.2) is 48.2 Å². The fraction of sp³-hybridized carbons (Fsp3) is 0.222. The van der Waals surface area contributed by atoms with Crippen LogP contribution in [0.5, 0.6) is 0 Å². The minimum absolute atomic E-state index is 0.0590. The van der Waals surface area contributed by atoms with E-state index in [1.807, 2.05) is 0 Å². The third-order valence-corrected chi connectivity index (χ3v) is 6.77. The van der Waals surface area contributed by atoms with Crippen LogP contribution in [-0.2, 0) is 35.1 Å². The van der Waals surface area contributed by atoms with Crippen molar-refractivity contribution in [1.29, 1.82) is 0 Å². The molecule has 4 aromatic rings. The van der Waals surface area contributed by atoms with E-state index in [9.17, 15) is 24.0 Å². The second-order valence-electron chi connectivity index (χ2n) is 8.61. The molecule has 0 saturated heterocycles. The Morgan fingerprint density at radius 1 is 0.865 bits per heavy atom. The van der Waals surface area contributed by atoms with E-state index in [0.717, 1.165) is 21.3 Å². The number of methoxy groups -OCH3 is 3. The van der Waals surface area contributed by atoms with Gasteiger partial charge in [-0.05, 0) is 30.7 Å². The number of benzene rings is 2. The molecular weight excluding hydrogens is 480 g/mol. The van der Waals surface area contributed by atoms with Crippen molar-refractivity contribution in [3.8, 4) is 0 Å². The van der Waals surface area contributed by atoms with E-state index < -0.39 is 40.4 Å². The summed E-state index contributed by atoms with van der Waals surface area (Å²) in [6.07, 6.45) is 0. The average Bonchev–Trinajstić information content (AvgIpc) is 3.07. The van der Waals surface area contributed by atoms with Crippen LogP contribution in [0.25, 0.3) is 33.0 Å². The summed E-state index contributed by atoms with van der Waals surface area (Å²) >= 11 is 0. The van der Waals surface area contributed by atoms with Gasteiger partial charge in [0.1, 0.15) is 11.6 Å². The van der Waals surface area contributed by atoms with Gasteiger partial charge < -0.3 is 18.8 Å². The van der Waals surface area contributed by atoms with Crippen LogP contribution >= 0.6 is 0 Å². The van der Waals surface area contributed by atoms with Crippen LogP contribution in [0.1, 0.15) is 11.1 Å². The SMILES string of the molecule is COC(=O)C1=C(C(=O)OC)C(C(=O)OC)Cn2c3ccccc3c(=O)n3c4c(C)cccc4c(=O)c1c23. The van der Waals surface area contributed by atoms with E-state index in [2.05, 4.69) is 0 Å². The zero-order valence-corrected chi connectivity index (χ0v) is 20.5. The molecule has 3 heterocycles. The van der Waals surface area contributed by atoms with E-state index in [4.69, 9.17) is 14.2 Å². The van der Waals surface area contributed by atoms with Crippen molar-refractivity contribution in [3.63, 3.8) is 0 Å². The number of ether oxygens (including phenoxy) is 3. The van der Waals surface area contributed by atoms with Crippen molar-refractivity contribution in [2.45, 2.75) is 13.5 Å². The monoisotopic (exact) mass is 502 g/mol. The summed E-state index contributed by atoms with van der Waals surface area (Å²) in [6.45, 7) is 1.55. The smallest absolute Gasteiger partial charge is 0.339 e. The molecule has 0 bridgehead atoms. The van der Waals surface area contributed by atoms with Gasteiger partial charge in [0, 0.05) is 11.9 Å². The Morgan fingerprint density at radius 3 is 2.22 bits per heavy atom. The van der Waals surface area contributed by atoms with E-state index in [0.29, 0.717) is 22.0 Å². The number of nitrogens with zero attached hydrogens (tertiary/aromatic N) is 2. The highest BCUT2D eigenvalue weighted by atomic mass is 16.5. The van der Waals surface area contributed by atoms with Gasteiger partial charge in [-0.25, -0.2) is 9.59 Å². The number of hydrogen-bond donors (Lipinski definition) is 0. The zero-order valence-electron chi connectivity index (χ0n) is 20.5. The Hall–Kier alpha value is -4.73. The molecule has 0 spiro atoms. The van der Waals surface area contributed by atoms with Gasteiger partial charge in [0.05, 0.1) is 54.5 Å². The Balaban J connectivity index is 2.21. The molecule has 37 heavy (non-hydrogen) atoms. The fourth-order valence-corrected chi connectivity index (χ4v) is 5.17. The molecule has 2 aromatic carbocycles. The summed E-state index contributed by atoms with van der Waals surface area (Å²) in [5.74, 6) is -4.21. The Bertz CT molecular complexity index is 1830. The molecule has 0 fully saturated rings. The van der Waals surface area contributed by atoms with Gasteiger partial charge in [-0.15, -0.1) is 0 Å². The van der Waals surface area contributed by atoms with Crippen molar-refractivity contribution < 1.29 is 28.6 Å². The molecule has 0 N–H and O–H groups in total. The van der Waals surface area contributed by atoms with Crippen LogP contribution < -0.4 is 11.0 Å². The minimum Gasteiger partial charge on any atom is -0.468 e. The number of aryl methyl sites for hydroxylation is 1. The van der Waals surface area contributed by atoms with Crippen LogP contribution in [0.4, 0.5) is 0 Å². The van der Waals surface area contributed by atoms with Gasteiger partial charge in [0.15, 0.2) is 5.43 Å².